The van der Waals surface area contributed by atoms with Crippen molar-refractivity contribution in [1.29, 1.82) is 0 Å². The predicted molar refractivity (Wildman–Crippen MR) is 88.8 cm³/mol. The molecule has 1 aliphatic carbocycles. The molecule has 3 atom stereocenters. The first-order chi connectivity index (χ1) is 10.3. The van der Waals surface area contributed by atoms with Crippen molar-refractivity contribution >= 4 is 18.3 Å². The van der Waals surface area contributed by atoms with Gasteiger partial charge in [0.2, 0.25) is 5.91 Å². The van der Waals surface area contributed by atoms with Gasteiger partial charge in [-0.3, -0.25) is 4.79 Å². The summed E-state index contributed by atoms with van der Waals surface area (Å²) in [5.41, 5.74) is 6.88. The maximum absolute atomic E-state index is 12.6. The highest BCUT2D eigenvalue weighted by molar-refractivity contribution is 5.85. The number of halogens is 1. The third-order valence-electron chi connectivity index (χ3n) is 4.56. The Morgan fingerprint density at radius 1 is 1.27 bits per heavy atom. The van der Waals surface area contributed by atoms with E-state index in [0.717, 1.165) is 25.0 Å². The van der Waals surface area contributed by atoms with Crippen LogP contribution in [-0.2, 0) is 9.53 Å². The molecule has 0 radical (unpaired) electrons. The number of nitrogens with one attached hydrogen (secondary N) is 1. The molecule has 5 heteroatoms. The topological polar surface area (TPSA) is 64.3 Å². The van der Waals surface area contributed by atoms with Crippen LogP contribution in [0.2, 0.25) is 0 Å². The monoisotopic (exact) mass is 324 g/mol. The molecule has 2 aliphatic rings. The van der Waals surface area contributed by atoms with Crippen molar-refractivity contribution in [3.8, 4) is 0 Å². The molecule has 1 saturated heterocycles. The summed E-state index contributed by atoms with van der Waals surface area (Å²) in [6, 6.07) is 10.2. The highest BCUT2D eigenvalue weighted by Gasteiger charge is 2.37. The Morgan fingerprint density at radius 2 is 2.00 bits per heavy atom. The molecule has 1 saturated carbocycles. The summed E-state index contributed by atoms with van der Waals surface area (Å²) in [6.45, 7) is 1.26. The number of carbonyl (C=O) groups excluding carboxylic acids is 1. The van der Waals surface area contributed by atoms with Crippen LogP contribution in [0.5, 0.6) is 0 Å². The zero-order valence-electron chi connectivity index (χ0n) is 12.7. The van der Waals surface area contributed by atoms with E-state index >= 15 is 0 Å². The average Bonchev–Trinajstić information content (AvgIpc) is 3.38. The summed E-state index contributed by atoms with van der Waals surface area (Å²) in [6.07, 6.45) is 4.07. The van der Waals surface area contributed by atoms with Gasteiger partial charge >= 0.3 is 0 Å². The lowest BCUT2D eigenvalue weighted by Crippen LogP contribution is -2.46. The number of ether oxygens (including phenoxy) is 1. The number of benzene rings is 1. The van der Waals surface area contributed by atoms with Crippen LogP contribution in [0, 0.1) is 11.8 Å². The van der Waals surface area contributed by atoms with Crippen LogP contribution < -0.4 is 11.1 Å². The maximum atomic E-state index is 12.6. The summed E-state index contributed by atoms with van der Waals surface area (Å²) in [4.78, 5) is 12.6. The smallest absolute Gasteiger partial charge is 0.226 e. The molecule has 1 heterocycles. The van der Waals surface area contributed by atoms with Crippen molar-refractivity contribution < 1.29 is 9.53 Å². The first-order valence-corrected chi connectivity index (χ1v) is 7.96. The van der Waals surface area contributed by atoms with Crippen LogP contribution in [0.25, 0.3) is 0 Å². The van der Waals surface area contributed by atoms with Gasteiger partial charge in [0.05, 0.1) is 12.0 Å². The van der Waals surface area contributed by atoms with Gasteiger partial charge in [-0.25, -0.2) is 0 Å². The Bertz CT molecular complexity index is 479. The zero-order valence-corrected chi connectivity index (χ0v) is 13.6. The van der Waals surface area contributed by atoms with Gasteiger partial charge in [-0.05, 0) is 37.2 Å². The van der Waals surface area contributed by atoms with Crippen molar-refractivity contribution in [3.63, 3.8) is 0 Å². The number of carbonyl (C=O) groups is 1. The second-order valence-electron chi connectivity index (χ2n) is 6.14. The van der Waals surface area contributed by atoms with Crippen LogP contribution in [0.1, 0.15) is 37.4 Å². The third kappa shape index (κ3) is 4.00. The van der Waals surface area contributed by atoms with Crippen LogP contribution in [0.3, 0.4) is 0 Å². The van der Waals surface area contributed by atoms with Gasteiger partial charge in [-0.2, -0.15) is 0 Å². The van der Waals surface area contributed by atoms with Crippen molar-refractivity contribution in [1.82, 2.24) is 5.32 Å². The van der Waals surface area contributed by atoms with Gasteiger partial charge in [0.1, 0.15) is 0 Å². The van der Waals surface area contributed by atoms with Crippen molar-refractivity contribution in [2.75, 3.05) is 13.2 Å². The summed E-state index contributed by atoms with van der Waals surface area (Å²) < 4.78 is 5.90. The van der Waals surface area contributed by atoms with Crippen LogP contribution in [-0.4, -0.2) is 25.1 Å². The fraction of sp³-hybridized carbons (Fsp3) is 0.588. The highest BCUT2D eigenvalue weighted by atomic mass is 35.5. The van der Waals surface area contributed by atoms with E-state index in [1.807, 2.05) is 30.3 Å². The molecule has 0 bridgehead atoms. The van der Waals surface area contributed by atoms with Gasteiger partial charge in [0.25, 0.3) is 0 Å². The van der Waals surface area contributed by atoms with E-state index in [0.29, 0.717) is 12.5 Å². The maximum Gasteiger partial charge on any atom is 0.226 e. The number of hydrogen-bond donors (Lipinski definition) is 2. The molecule has 0 spiro atoms. The Labute approximate surface area is 138 Å². The number of rotatable bonds is 5. The molecule has 1 aromatic rings. The van der Waals surface area contributed by atoms with Crippen LogP contribution >= 0.6 is 12.4 Å². The van der Waals surface area contributed by atoms with E-state index in [9.17, 15) is 4.79 Å². The Kier molecular flexibility index (Phi) is 6.24. The number of hydrogen-bond acceptors (Lipinski definition) is 3. The van der Waals surface area contributed by atoms with Crippen molar-refractivity contribution in [2.24, 2.45) is 17.6 Å². The van der Waals surface area contributed by atoms with Crippen molar-refractivity contribution in [3.05, 3.63) is 35.9 Å². The van der Waals surface area contributed by atoms with E-state index in [1.54, 1.807) is 0 Å². The standard InChI is InChI=1S/C17H24N2O2.ClH/c18-11-15(12-8-9-12)19-17(20)14-7-4-10-21-16(14)13-5-2-1-3-6-13;/h1-3,5-6,12,14-16H,4,7-11,18H2,(H,19,20);1H. The second-order valence-corrected chi connectivity index (χ2v) is 6.14. The third-order valence-corrected chi connectivity index (χ3v) is 4.56. The van der Waals surface area contributed by atoms with Gasteiger partial charge in [0, 0.05) is 19.2 Å². The van der Waals surface area contributed by atoms with E-state index < -0.39 is 0 Å². The first kappa shape index (κ1) is 17.3. The lowest BCUT2D eigenvalue weighted by molar-refractivity contribution is -0.135. The normalized spacial score (nSPS) is 25.9. The summed E-state index contributed by atoms with van der Waals surface area (Å²) in [5.74, 6) is 0.582. The molecule has 1 amide bonds. The molecule has 122 valence electrons. The van der Waals surface area contributed by atoms with E-state index in [-0.39, 0.29) is 36.4 Å². The molecule has 4 nitrogen and oxygen atoms in total. The molecule has 22 heavy (non-hydrogen) atoms. The van der Waals surface area contributed by atoms with Gasteiger partial charge in [-0.1, -0.05) is 30.3 Å². The molecule has 1 aliphatic heterocycles. The largest absolute Gasteiger partial charge is 0.373 e. The minimum atomic E-state index is -0.127. The fourth-order valence-corrected chi connectivity index (χ4v) is 3.18. The molecule has 3 N–H and O–H groups in total. The molecular formula is C17H25ClN2O2. The van der Waals surface area contributed by atoms with E-state index in [1.165, 1.54) is 12.8 Å². The van der Waals surface area contributed by atoms with Gasteiger partial charge in [0.15, 0.2) is 0 Å². The second kappa shape index (κ2) is 7.95. The minimum absolute atomic E-state index is 0. The Morgan fingerprint density at radius 3 is 2.64 bits per heavy atom. The molecule has 3 unspecified atom stereocenters. The van der Waals surface area contributed by atoms with Crippen molar-refractivity contribution in [2.45, 2.75) is 37.8 Å². The summed E-state index contributed by atoms with van der Waals surface area (Å²) >= 11 is 0. The summed E-state index contributed by atoms with van der Waals surface area (Å²) in [5, 5.41) is 3.15. The molecule has 2 fully saturated rings. The Balaban J connectivity index is 0.00000176. The SMILES string of the molecule is Cl.NCC(NC(=O)C1CCCOC1c1ccccc1)C1CC1. The number of amides is 1. The van der Waals surface area contributed by atoms with E-state index in [2.05, 4.69) is 5.32 Å². The Hall–Kier alpha value is -1.10. The number of nitrogens with two attached hydrogens (primary N) is 1. The minimum Gasteiger partial charge on any atom is -0.373 e. The van der Waals surface area contributed by atoms with Crippen LogP contribution in [0.4, 0.5) is 0 Å². The lowest BCUT2D eigenvalue weighted by atomic mass is 9.88. The zero-order chi connectivity index (χ0) is 14.7. The van der Waals surface area contributed by atoms with Crippen LogP contribution in [0.15, 0.2) is 30.3 Å². The molecular weight excluding hydrogens is 300 g/mol. The summed E-state index contributed by atoms with van der Waals surface area (Å²) in [7, 11) is 0. The highest BCUT2D eigenvalue weighted by Crippen LogP contribution is 2.35. The first-order valence-electron chi connectivity index (χ1n) is 7.96. The molecule has 0 aromatic heterocycles. The predicted octanol–water partition coefficient (Wildman–Crippen LogP) is 2.43. The molecule has 1 aromatic carbocycles. The molecule has 3 rings (SSSR count). The quantitative estimate of drug-likeness (QED) is 0.874. The average molecular weight is 325 g/mol. The van der Waals surface area contributed by atoms with Gasteiger partial charge < -0.3 is 15.8 Å². The van der Waals surface area contributed by atoms with Gasteiger partial charge in [-0.15, -0.1) is 12.4 Å². The van der Waals surface area contributed by atoms with E-state index in [4.69, 9.17) is 10.5 Å². The lowest BCUT2D eigenvalue weighted by Gasteiger charge is -2.32. The fourth-order valence-electron chi connectivity index (χ4n) is 3.18.